The monoisotopic (exact) mass is 369 g/mol. The van der Waals surface area contributed by atoms with Crippen LogP contribution in [-0.2, 0) is 15.8 Å². The molecule has 2 saturated heterocycles. The molecule has 0 bridgehead atoms. The van der Waals surface area contributed by atoms with Gasteiger partial charge in [0.2, 0.25) is 11.8 Å². The first kappa shape index (κ1) is 18.7. The summed E-state index contributed by atoms with van der Waals surface area (Å²) in [5.41, 5.74) is -0.626. The molecule has 26 heavy (non-hydrogen) atoms. The van der Waals surface area contributed by atoms with Crippen LogP contribution in [-0.4, -0.2) is 49.4 Å². The average Bonchev–Trinajstić information content (AvgIpc) is 3.24. The number of hydrogen-bond acceptors (Lipinski definition) is 3. The van der Waals surface area contributed by atoms with Gasteiger partial charge in [-0.25, -0.2) is 0 Å². The molecule has 5 nitrogen and oxygen atoms in total. The predicted octanol–water partition coefficient (Wildman–Crippen LogP) is 2.27. The summed E-state index contributed by atoms with van der Waals surface area (Å²) >= 11 is 0. The highest BCUT2D eigenvalue weighted by atomic mass is 19.4. The van der Waals surface area contributed by atoms with E-state index in [1.165, 1.54) is 29.9 Å². The van der Waals surface area contributed by atoms with E-state index in [0.717, 1.165) is 31.8 Å². The lowest BCUT2D eigenvalue weighted by Crippen LogP contribution is -2.40. The third-order valence-corrected chi connectivity index (χ3v) is 4.93. The number of carbonyl (C=O) groups is 2. The van der Waals surface area contributed by atoms with Gasteiger partial charge in [-0.05, 0) is 50.6 Å². The SMILES string of the molecule is O=C(NCCN1CCCC1)[C@H]1CCN(c2cccc(C(F)(F)F)c2)C1=O. The van der Waals surface area contributed by atoms with E-state index in [9.17, 15) is 22.8 Å². The zero-order valence-corrected chi connectivity index (χ0v) is 14.4. The van der Waals surface area contributed by atoms with Crippen LogP contribution in [0, 0.1) is 5.92 Å². The third kappa shape index (κ3) is 4.17. The van der Waals surface area contributed by atoms with E-state index >= 15 is 0 Å². The Bertz CT molecular complexity index is 672. The van der Waals surface area contributed by atoms with Crippen LogP contribution in [0.2, 0.25) is 0 Å². The third-order valence-electron chi connectivity index (χ3n) is 4.93. The Morgan fingerprint density at radius 3 is 2.62 bits per heavy atom. The molecule has 0 aliphatic carbocycles. The van der Waals surface area contributed by atoms with Gasteiger partial charge in [-0.15, -0.1) is 0 Å². The first-order valence-electron chi connectivity index (χ1n) is 8.85. The smallest absolute Gasteiger partial charge is 0.354 e. The average molecular weight is 369 g/mol. The normalized spacial score (nSPS) is 21.4. The molecule has 2 aliphatic heterocycles. The molecule has 142 valence electrons. The summed E-state index contributed by atoms with van der Waals surface area (Å²) in [6.45, 7) is 3.53. The van der Waals surface area contributed by atoms with E-state index in [0.29, 0.717) is 13.0 Å². The van der Waals surface area contributed by atoms with E-state index in [4.69, 9.17) is 0 Å². The fraction of sp³-hybridized carbons (Fsp3) is 0.556. The molecule has 3 rings (SSSR count). The number of hydrogen-bond donors (Lipinski definition) is 1. The Morgan fingerprint density at radius 1 is 1.19 bits per heavy atom. The lowest BCUT2D eigenvalue weighted by Gasteiger charge is -2.19. The second-order valence-electron chi connectivity index (χ2n) is 6.72. The minimum absolute atomic E-state index is 0.178. The van der Waals surface area contributed by atoms with Gasteiger partial charge in [-0.2, -0.15) is 13.2 Å². The fourth-order valence-electron chi connectivity index (χ4n) is 3.50. The van der Waals surface area contributed by atoms with Crippen LogP contribution >= 0.6 is 0 Å². The van der Waals surface area contributed by atoms with E-state index in [1.807, 2.05) is 0 Å². The zero-order valence-electron chi connectivity index (χ0n) is 14.4. The molecule has 1 atom stereocenters. The predicted molar refractivity (Wildman–Crippen MR) is 90.6 cm³/mol. The Hall–Kier alpha value is -2.09. The molecule has 2 heterocycles. The first-order valence-corrected chi connectivity index (χ1v) is 8.85. The maximum absolute atomic E-state index is 12.9. The summed E-state index contributed by atoms with van der Waals surface area (Å²) in [6, 6.07) is 4.65. The van der Waals surface area contributed by atoms with Crippen LogP contribution in [0.5, 0.6) is 0 Å². The summed E-state index contributed by atoms with van der Waals surface area (Å²) in [5, 5.41) is 2.78. The number of anilines is 1. The molecule has 1 aromatic rings. The van der Waals surface area contributed by atoms with E-state index in [-0.39, 0.29) is 18.1 Å². The van der Waals surface area contributed by atoms with Gasteiger partial charge in [0, 0.05) is 25.3 Å². The van der Waals surface area contributed by atoms with Gasteiger partial charge in [0.1, 0.15) is 5.92 Å². The number of carbonyl (C=O) groups excluding carboxylic acids is 2. The van der Waals surface area contributed by atoms with E-state index in [2.05, 4.69) is 10.2 Å². The number of nitrogens with zero attached hydrogens (tertiary/aromatic N) is 2. The van der Waals surface area contributed by atoms with Gasteiger partial charge in [0.15, 0.2) is 0 Å². The van der Waals surface area contributed by atoms with Crippen LogP contribution in [0.25, 0.3) is 0 Å². The molecule has 2 aliphatic rings. The van der Waals surface area contributed by atoms with Crippen LogP contribution < -0.4 is 10.2 Å². The van der Waals surface area contributed by atoms with E-state index < -0.39 is 23.6 Å². The minimum atomic E-state index is -4.47. The molecule has 0 radical (unpaired) electrons. The Morgan fingerprint density at radius 2 is 1.92 bits per heavy atom. The lowest BCUT2D eigenvalue weighted by atomic mass is 10.1. The van der Waals surface area contributed by atoms with Gasteiger partial charge >= 0.3 is 6.18 Å². The molecular weight excluding hydrogens is 347 g/mol. The molecular formula is C18H22F3N3O2. The Balaban J connectivity index is 1.58. The lowest BCUT2D eigenvalue weighted by molar-refractivity contribution is -0.138. The van der Waals surface area contributed by atoms with Crippen molar-refractivity contribution in [2.45, 2.75) is 25.4 Å². The van der Waals surface area contributed by atoms with Crippen molar-refractivity contribution in [3.05, 3.63) is 29.8 Å². The van der Waals surface area contributed by atoms with Crippen molar-refractivity contribution in [1.29, 1.82) is 0 Å². The summed E-state index contributed by atoms with van der Waals surface area (Å²) in [6.07, 6.45) is -1.82. The van der Waals surface area contributed by atoms with Gasteiger partial charge < -0.3 is 15.1 Å². The summed E-state index contributed by atoms with van der Waals surface area (Å²) in [5.74, 6) is -1.62. The molecule has 0 unspecified atom stereocenters. The molecule has 1 N–H and O–H groups in total. The standard InChI is InChI=1S/C18H22F3N3O2/c19-18(20,21)13-4-3-5-14(12-13)24-10-6-15(17(24)26)16(25)22-7-11-23-8-1-2-9-23/h3-5,12,15H,1-2,6-11H2,(H,22,25)/t15-/m1/s1. The summed E-state index contributed by atoms with van der Waals surface area (Å²) < 4.78 is 38.6. The van der Waals surface area contributed by atoms with Crippen molar-refractivity contribution in [3.63, 3.8) is 0 Å². The second kappa shape index (κ2) is 7.65. The van der Waals surface area contributed by atoms with Gasteiger partial charge in [0.05, 0.1) is 5.56 Å². The zero-order chi connectivity index (χ0) is 18.7. The number of amides is 2. The van der Waals surface area contributed by atoms with Crippen molar-refractivity contribution < 1.29 is 22.8 Å². The maximum Gasteiger partial charge on any atom is 0.416 e. The molecule has 0 aromatic heterocycles. The van der Waals surface area contributed by atoms with Crippen molar-refractivity contribution in [2.24, 2.45) is 5.92 Å². The number of alkyl halides is 3. The number of halogens is 3. The molecule has 0 spiro atoms. The molecule has 1 aromatic carbocycles. The Kier molecular flexibility index (Phi) is 5.50. The van der Waals surface area contributed by atoms with Crippen molar-refractivity contribution in [3.8, 4) is 0 Å². The van der Waals surface area contributed by atoms with Gasteiger partial charge in [-0.1, -0.05) is 6.07 Å². The van der Waals surface area contributed by atoms with Gasteiger partial charge in [-0.3, -0.25) is 9.59 Å². The van der Waals surface area contributed by atoms with Crippen molar-refractivity contribution in [1.82, 2.24) is 10.2 Å². The molecule has 2 fully saturated rings. The summed E-state index contributed by atoms with van der Waals surface area (Å²) in [7, 11) is 0. The quantitative estimate of drug-likeness (QED) is 0.811. The van der Waals surface area contributed by atoms with E-state index in [1.54, 1.807) is 0 Å². The largest absolute Gasteiger partial charge is 0.416 e. The number of benzene rings is 1. The highest BCUT2D eigenvalue weighted by molar-refractivity contribution is 6.09. The van der Waals surface area contributed by atoms with Crippen molar-refractivity contribution in [2.75, 3.05) is 37.6 Å². The van der Waals surface area contributed by atoms with Crippen LogP contribution in [0.1, 0.15) is 24.8 Å². The molecule has 8 heteroatoms. The highest BCUT2D eigenvalue weighted by Crippen LogP contribution is 2.33. The first-order chi connectivity index (χ1) is 12.4. The number of rotatable bonds is 5. The van der Waals surface area contributed by atoms with Crippen LogP contribution in [0.4, 0.5) is 18.9 Å². The highest BCUT2D eigenvalue weighted by Gasteiger charge is 2.38. The fourth-order valence-corrected chi connectivity index (χ4v) is 3.50. The van der Waals surface area contributed by atoms with Crippen molar-refractivity contribution >= 4 is 17.5 Å². The molecule has 2 amide bonds. The maximum atomic E-state index is 12.9. The molecule has 0 saturated carbocycles. The second-order valence-corrected chi connectivity index (χ2v) is 6.72. The number of likely N-dealkylation sites (tertiary alicyclic amines) is 1. The Labute approximate surface area is 150 Å². The minimum Gasteiger partial charge on any atom is -0.354 e. The van der Waals surface area contributed by atoms with Gasteiger partial charge in [0.25, 0.3) is 0 Å². The van der Waals surface area contributed by atoms with Crippen LogP contribution in [0.3, 0.4) is 0 Å². The summed E-state index contributed by atoms with van der Waals surface area (Å²) in [4.78, 5) is 28.3. The topological polar surface area (TPSA) is 52.7 Å². The van der Waals surface area contributed by atoms with Crippen LogP contribution in [0.15, 0.2) is 24.3 Å². The number of nitrogens with one attached hydrogen (secondary N) is 1.